The average Bonchev–Trinajstić information content (AvgIpc) is 2.94. The molecular weight excluding hydrogens is 254 g/mol. The van der Waals surface area contributed by atoms with E-state index < -0.39 is 0 Å². The van der Waals surface area contributed by atoms with Crippen LogP contribution in [0, 0.1) is 0 Å². The lowest BCUT2D eigenvalue weighted by molar-refractivity contribution is -0.116. The summed E-state index contributed by atoms with van der Waals surface area (Å²) in [6, 6.07) is 9.63. The summed E-state index contributed by atoms with van der Waals surface area (Å²) in [6.07, 6.45) is 5.48. The Morgan fingerprint density at radius 3 is 2.70 bits per heavy atom. The van der Waals surface area contributed by atoms with Crippen molar-refractivity contribution in [1.82, 2.24) is 9.78 Å². The largest absolute Gasteiger partial charge is 0.396 e. The Morgan fingerprint density at radius 1 is 1.25 bits per heavy atom. The van der Waals surface area contributed by atoms with E-state index in [0.717, 1.165) is 17.8 Å². The molecule has 0 saturated heterocycles. The number of carbonyl (C=O) groups is 1. The van der Waals surface area contributed by atoms with Crippen molar-refractivity contribution in [3.63, 3.8) is 0 Å². The third-order valence-corrected chi connectivity index (χ3v) is 2.95. The topological polar surface area (TPSA) is 67.2 Å². The zero-order chi connectivity index (χ0) is 14.2. The van der Waals surface area contributed by atoms with E-state index in [-0.39, 0.29) is 12.5 Å². The number of unbranched alkanes of at least 4 members (excludes halogenated alkanes) is 1. The van der Waals surface area contributed by atoms with Crippen molar-refractivity contribution in [3.8, 4) is 0 Å². The van der Waals surface area contributed by atoms with Gasteiger partial charge in [0.15, 0.2) is 0 Å². The summed E-state index contributed by atoms with van der Waals surface area (Å²) in [4.78, 5) is 11.6. The molecular formula is C15H19N3O2. The Bertz CT molecular complexity index is 521. The van der Waals surface area contributed by atoms with Gasteiger partial charge in [0.2, 0.25) is 5.91 Å². The third kappa shape index (κ3) is 4.51. The summed E-state index contributed by atoms with van der Waals surface area (Å²) < 4.78 is 1.85. The summed E-state index contributed by atoms with van der Waals surface area (Å²) in [7, 11) is 0. The van der Waals surface area contributed by atoms with Crippen molar-refractivity contribution in [1.29, 1.82) is 0 Å². The van der Waals surface area contributed by atoms with E-state index in [2.05, 4.69) is 10.4 Å². The van der Waals surface area contributed by atoms with E-state index in [1.54, 1.807) is 6.20 Å². The molecule has 0 aliphatic carbocycles. The van der Waals surface area contributed by atoms with E-state index in [1.165, 1.54) is 0 Å². The Morgan fingerprint density at radius 2 is 2.05 bits per heavy atom. The molecule has 5 nitrogen and oxygen atoms in total. The van der Waals surface area contributed by atoms with Crippen molar-refractivity contribution in [3.05, 3.63) is 48.3 Å². The van der Waals surface area contributed by atoms with Crippen LogP contribution in [0.25, 0.3) is 0 Å². The first-order valence-electron chi connectivity index (χ1n) is 6.75. The fraction of sp³-hybridized carbons (Fsp3) is 0.333. The standard InChI is InChI=1S/C15H19N3O2/c19-11-2-1-4-15(20)17-14-7-5-13(6-8-14)12-18-10-3-9-16-18/h3,5-10,19H,1-2,4,11-12H2,(H,17,20). The van der Waals surface area contributed by atoms with E-state index in [1.807, 2.05) is 41.2 Å². The summed E-state index contributed by atoms with van der Waals surface area (Å²) in [5.74, 6) is -0.0155. The second kappa shape index (κ2) is 7.45. The lowest BCUT2D eigenvalue weighted by atomic mass is 10.2. The predicted molar refractivity (Wildman–Crippen MR) is 77.3 cm³/mol. The molecule has 1 aromatic carbocycles. The molecule has 0 radical (unpaired) electrons. The van der Waals surface area contributed by atoms with Gasteiger partial charge < -0.3 is 10.4 Å². The molecule has 2 aromatic rings. The lowest BCUT2D eigenvalue weighted by Crippen LogP contribution is -2.11. The van der Waals surface area contributed by atoms with Gasteiger partial charge in [0, 0.05) is 31.1 Å². The highest BCUT2D eigenvalue weighted by atomic mass is 16.3. The molecule has 1 heterocycles. The number of aliphatic hydroxyl groups excluding tert-OH is 1. The number of nitrogens with one attached hydrogen (secondary N) is 1. The number of amides is 1. The Labute approximate surface area is 118 Å². The van der Waals surface area contributed by atoms with Crippen molar-refractivity contribution in [2.45, 2.75) is 25.8 Å². The molecule has 0 atom stereocenters. The van der Waals surface area contributed by atoms with Crippen LogP contribution in [0.15, 0.2) is 42.7 Å². The highest BCUT2D eigenvalue weighted by molar-refractivity contribution is 5.90. The number of anilines is 1. The number of hydrogen-bond acceptors (Lipinski definition) is 3. The van der Waals surface area contributed by atoms with Crippen molar-refractivity contribution in [2.75, 3.05) is 11.9 Å². The predicted octanol–water partition coefficient (Wildman–Crippen LogP) is 2.03. The first-order chi connectivity index (χ1) is 9.78. The van der Waals surface area contributed by atoms with Gasteiger partial charge in [-0.15, -0.1) is 0 Å². The van der Waals surface area contributed by atoms with Gasteiger partial charge in [0.25, 0.3) is 0 Å². The minimum Gasteiger partial charge on any atom is -0.396 e. The maximum atomic E-state index is 11.6. The van der Waals surface area contributed by atoms with Gasteiger partial charge in [0.1, 0.15) is 0 Å². The molecule has 5 heteroatoms. The van der Waals surface area contributed by atoms with E-state index in [9.17, 15) is 4.79 Å². The maximum Gasteiger partial charge on any atom is 0.224 e. The lowest BCUT2D eigenvalue weighted by Gasteiger charge is -2.06. The quantitative estimate of drug-likeness (QED) is 0.759. The van der Waals surface area contributed by atoms with Crippen LogP contribution in [0.1, 0.15) is 24.8 Å². The van der Waals surface area contributed by atoms with Crippen LogP contribution in [0.4, 0.5) is 5.69 Å². The summed E-state index contributed by atoms with van der Waals surface area (Å²) in [5, 5.41) is 15.7. The second-order valence-corrected chi connectivity index (χ2v) is 4.63. The first kappa shape index (κ1) is 14.3. The number of benzene rings is 1. The van der Waals surface area contributed by atoms with Gasteiger partial charge in [-0.05, 0) is 36.6 Å². The van der Waals surface area contributed by atoms with Crippen LogP contribution < -0.4 is 5.32 Å². The highest BCUT2D eigenvalue weighted by Gasteiger charge is 2.02. The molecule has 1 aromatic heterocycles. The van der Waals surface area contributed by atoms with Crippen molar-refractivity contribution >= 4 is 11.6 Å². The molecule has 0 bridgehead atoms. The molecule has 1 amide bonds. The SMILES string of the molecule is O=C(CCCCO)Nc1ccc(Cn2cccn2)cc1. The Hall–Kier alpha value is -2.14. The van der Waals surface area contributed by atoms with Crippen LogP contribution in [0.5, 0.6) is 0 Å². The number of aliphatic hydroxyl groups is 1. The van der Waals surface area contributed by atoms with Crippen LogP contribution in [-0.2, 0) is 11.3 Å². The molecule has 0 unspecified atom stereocenters. The number of carbonyl (C=O) groups excluding carboxylic acids is 1. The van der Waals surface area contributed by atoms with Gasteiger partial charge in [-0.3, -0.25) is 9.48 Å². The first-order valence-corrected chi connectivity index (χ1v) is 6.75. The number of rotatable bonds is 7. The third-order valence-electron chi connectivity index (χ3n) is 2.95. The van der Waals surface area contributed by atoms with Gasteiger partial charge in [0.05, 0.1) is 6.54 Å². The molecule has 0 aliphatic heterocycles. The number of hydrogen-bond donors (Lipinski definition) is 2. The summed E-state index contributed by atoms with van der Waals surface area (Å²) in [5.41, 5.74) is 1.93. The zero-order valence-electron chi connectivity index (χ0n) is 11.3. The molecule has 0 spiro atoms. The normalized spacial score (nSPS) is 10.4. The van der Waals surface area contributed by atoms with E-state index in [0.29, 0.717) is 19.3 Å². The van der Waals surface area contributed by atoms with E-state index in [4.69, 9.17) is 5.11 Å². The zero-order valence-corrected chi connectivity index (χ0v) is 11.3. The Balaban J connectivity index is 1.83. The Kier molecular flexibility index (Phi) is 5.32. The van der Waals surface area contributed by atoms with Gasteiger partial charge in [-0.25, -0.2) is 0 Å². The van der Waals surface area contributed by atoms with E-state index >= 15 is 0 Å². The minimum absolute atomic E-state index is 0.0155. The fourth-order valence-electron chi connectivity index (χ4n) is 1.90. The molecule has 0 aliphatic rings. The molecule has 2 N–H and O–H groups in total. The fourth-order valence-corrected chi connectivity index (χ4v) is 1.90. The molecule has 0 fully saturated rings. The van der Waals surface area contributed by atoms with Crippen molar-refractivity contribution < 1.29 is 9.90 Å². The monoisotopic (exact) mass is 273 g/mol. The molecule has 106 valence electrons. The summed E-state index contributed by atoms with van der Waals surface area (Å²) in [6.45, 7) is 0.854. The van der Waals surface area contributed by atoms with Gasteiger partial charge in [-0.1, -0.05) is 12.1 Å². The van der Waals surface area contributed by atoms with Crippen LogP contribution in [-0.4, -0.2) is 27.4 Å². The van der Waals surface area contributed by atoms with Crippen LogP contribution >= 0.6 is 0 Å². The van der Waals surface area contributed by atoms with Crippen LogP contribution in [0.3, 0.4) is 0 Å². The molecule has 0 saturated carbocycles. The highest BCUT2D eigenvalue weighted by Crippen LogP contribution is 2.11. The van der Waals surface area contributed by atoms with Crippen molar-refractivity contribution in [2.24, 2.45) is 0 Å². The smallest absolute Gasteiger partial charge is 0.224 e. The van der Waals surface area contributed by atoms with Gasteiger partial charge >= 0.3 is 0 Å². The molecule has 20 heavy (non-hydrogen) atoms. The second-order valence-electron chi connectivity index (χ2n) is 4.63. The minimum atomic E-state index is -0.0155. The van der Waals surface area contributed by atoms with Crippen LogP contribution in [0.2, 0.25) is 0 Å². The maximum absolute atomic E-state index is 11.6. The van der Waals surface area contributed by atoms with Gasteiger partial charge in [-0.2, -0.15) is 5.10 Å². The number of aromatic nitrogens is 2. The summed E-state index contributed by atoms with van der Waals surface area (Å²) >= 11 is 0. The molecule has 2 rings (SSSR count). The average molecular weight is 273 g/mol. The number of nitrogens with zero attached hydrogens (tertiary/aromatic N) is 2.